The van der Waals surface area contributed by atoms with E-state index in [1.807, 2.05) is 24.1 Å². The zero-order chi connectivity index (χ0) is 15.2. The molecule has 1 heterocycles. The molecule has 1 aliphatic rings. The predicted molar refractivity (Wildman–Crippen MR) is 87.4 cm³/mol. The topological polar surface area (TPSA) is 67.6 Å². The van der Waals surface area contributed by atoms with E-state index < -0.39 is 0 Å². The summed E-state index contributed by atoms with van der Waals surface area (Å²) in [4.78, 5) is 14.3. The summed E-state index contributed by atoms with van der Waals surface area (Å²) >= 11 is 4.99. The van der Waals surface area contributed by atoms with Crippen molar-refractivity contribution in [3.8, 4) is 0 Å². The van der Waals surface area contributed by atoms with Crippen molar-refractivity contribution in [3.63, 3.8) is 0 Å². The first-order chi connectivity index (χ1) is 10.1. The average molecular weight is 307 g/mol. The molecule has 114 valence electrons. The first-order valence-electron chi connectivity index (χ1n) is 7.05. The molecule has 6 heteroatoms. The predicted octanol–water partition coefficient (Wildman–Crippen LogP) is 1.37. The minimum atomic E-state index is -0.0841. The van der Waals surface area contributed by atoms with E-state index >= 15 is 0 Å². The van der Waals surface area contributed by atoms with Gasteiger partial charge in [0, 0.05) is 18.7 Å². The van der Waals surface area contributed by atoms with E-state index in [1.165, 1.54) is 0 Å². The van der Waals surface area contributed by atoms with Gasteiger partial charge in [0.15, 0.2) is 0 Å². The van der Waals surface area contributed by atoms with Crippen molar-refractivity contribution in [2.75, 3.05) is 32.1 Å². The van der Waals surface area contributed by atoms with Crippen LogP contribution in [-0.2, 0) is 9.53 Å². The van der Waals surface area contributed by atoms with Gasteiger partial charge in [0.05, 0.1) is 18.3 Å². The van der Waals surface area contributed by atoms with E-state index in [1.54, 1.807) is 12.1 Å². The van der Waals surface area contributed by atoms with Crippen molar-refractivity contribution >= 4 is 28.8 Å². The second-order valence-electron chi connectivity index (χ2n) is 5.29. The Bertz CT molecular complexity index is 515. The number of nitrogens with one attached hydrogen (secondary N) is 1. The molecule has 21 heavy (non-hydrogen) atoms. The molecular weight excluding hydrogens is 286 g/mol. The molecular formula is C15H21N3O2S. The van der Waals surface area contributed by atoms with Gasteiger partial charge >= 0.3 is 0 Å². The number of nitrogens with zero attached hydrogens (tertiary/aromatic N) is 1. The average Bonchev–Trinajstić information content (AvgIpc) is 2.91. The first kappa shape index (κ1) is 15.9. The van der Waals surface area contributed by atoms with Gasteiger partial charge in [-0.05, 0) is 32.0 Å². The number of nitrogens with two attached hydrogens (primary N) is 1. The first-order valence-corrected chi connectivity index (χ1v) is 7.46. The quantitative estimate of drug-likeness (QED) is 0.777. The van der Waals surface area contributed by atoms with Gasteiger partial charge in [-0.1, -0.05) is 24.4 Å². The van der Waals surface area contributed by atoms with Crippen molar-refractivity contribution in [3.05, 3.63) is 29.8 Å². The molecule has 0 aliphatic carbocycles. The third-order valence-corrected chi connectivity index (χ3v) is 3.64. The fraction of sp³-hybridized carbons (Fsp3) is 0.467. The van der Waals surface area contributed by atoms with Crippen molar-refractivity contribution in [1.82, 2.24) is 4.90 Å². The highest BCUT2D eigenvalue weighted by Crippen LogP contribution is 2.15. The van der Waals surface area contributed by atoms with Crippen molar-refractivity contribution < 1.29 is 9.53 Å². The molecule has 0 radical (unpaired) electrons. The van der Waals surface area contributed by atoms with Gasteiger partial charge in [0.2, 0.25) is 5.91 Å². The van der Waals surface area contributed by atoms with E-state index in [2.05, 4.69) is 5.32 Å². The molecule has 0 aromatic heterocycles. The number of anilines is 1. The zero-order valence-electron chi connectivity index (χ0n) is 12.2. The maximum Gasteiger partial charge on any atom is 0.238 e. The van der Waals surface area contributed by atoms with Crippen LogP contribution in [0.3, 0.4) is 0 Å². The number of likely N-dealkylation sites (N-methyl/N-ethyl adjacent to an activating group) is 1. The van der Waals surface area contributed by atoms with Crippen LogP contribution >= 0.6 is 12.2 Å². The molecule has 1 aromatic carbocycles. The number of hydrogen-bond acceptors (Lipinski definition) is 4. The summed E-state index contributed by atoms with van der Waals surface area (Å²) in [5.41, 5.74) is 6.99. The second-order valence-corrected chi connectivity index (χ2v) is 5.73. The summed E-state index contributed by atoms with van der Waals surface area (Å²) in [7, 11) is 1.92. The normalized spacial score (nSPS) is 17.9. The molecule has 1 aromatic rings. The summed E-state index contributed by atoms with van der Waals surface area (Å²) in [6, 6.07) is 7.28. The molecule has 2 rings (SSSR count). The Balaban J connectivity index is 1.88. The molecule has 0 bridgehead atoms. The number of amides is 1. The van der Waals surface area contributed by atoms with Crippen LogP contribution in [-0.4, -0.2) is 48.6 Å². The van der Waals surface area contributed by atoms with Crippen LogP contribution < -0.4 is 11.1 Å². The van der Waals surface area contributed by atoms with Gasteiger partial charge in [-0.3, -0.25) is 9.69 Å². The highest BCUT2D eigenvalue weighted by molar-refractivity contribution is 7.80. The van der Waals surface area contributed by atoms with E-state index in [9.17, 15) is 4.79 Å². The van der Waals surface area contributed by atoms with Gasteiger partial charge in [0.25, 0.3) is 0 Å². The second kappa shape index (κ2) is 7.49. The van der Waals surface area contributed by atoms with Crippen LogP contribution in [0.1, 0.15) is 18.4 Å². The molecule has 0 saturated carbocycles. The van der Waals surface area contributed by atoms with Gasteiger partial charge in [-0.15, -0.1) is 0 Å². The van der Waals surface area contributed by atoms with Gasteiger partial charge < -0.3 is 15.8 Å². The SMILES string of the molecule is CN(CC(=O)Nc1ccccc1C(N)=S)CC1CCCO1. The van der Waals surface area contributed by atoms with Crippen molar-refractivity contribution in [2.24, 2.45) is 5.73 Å². The lowest BCUT2D eigenvalue weighted by atomic mass is 10.2. The minimum Gasteiger partial charge on any atom is -0.389 e. The lowest BCUT2D eigenvalue weighted by Crippen LogP contribution is -2.35. The Morgan fingerprint density at radius 1 is 1.52 bits per heavy atom. The smallest absolute Gasteiger partial charge is 0.238 e. The van der Waals surface area contributed by atoms with Crippen molar-refractivity contribution in [2.45, 2.75) is 18.9 Å². The Morgan fingerprint density at radius 3 is 2.95 bits per heavy atom. The number of rotatable bonds is 6. The number of thiocarbonyl (C=S) groups is 1. The Hall–Kier alpha value is -1.50. The molecule has 1 fully saturated rings. The molecule has 1 aliphatic heterocycles. The summed E-state index contributed by atoms with van der Waals surface area (Å²) in [6.45, 7) is 1.90. The molecule has 0 spiro atoms. The highest BCUT2D eigenvalue weighted by Gasteiger charge is 2.18. The lowest BCUT2D eigenvalue weighted by Gasteiger charge is -2.20. The van der Waals surface area contributed by atoms with E-state index in [0.29, 0.717) is 17.8 Å². The highest BCUT2D eigenvalue weighted by atomic mass is 32.1. The van der Waals surface area contributed by atoms with Crippen LogP contribution in [0, 0.1) is 0 Å². The van der Waals surface area contributed by atoms with E-state index in [-0.39, 0.29) is 17.0 Å². The van der Waals surface area contributed by atoms with Crippen molar-refractivity contribution in [1.29, 1.82) is 0 Å². The summed E-state index contributed by atoms with van der Waals surface area (Å²) in [6.07, 6.45) is 2.41. The number of para-hydroxylation sites is 1. The number of hydrogen-bond donors (Lipinski definition) is 2. The fourth-order valence-electron chi connectivity index (χ4n) is 2.44. The minimum absolute atomic E-state index is 0.0841. The third-order valence-electron chi connectivity index (χ3n) is 3.42. The Labute approximate surface area is 130 Å². The van der Waals surface area contributed by atoms with Crippen LogP contribution in [0.5, 0.6) is 0 Å². The number of carbonyl (C=O) groups excluding carboxylic acids is 1. The summed E-state index contributed by atoms with van der Waals surface area (Å²) < 4.78 is 5.57. The molecule has 5 nitrogen and oxygen atoms in total. The summed E-state index contributed by atoms with van der Waals surface area (Å²) in [5, 5.41) is 2.86. The fourth-order valence-corrected chi connectivity index (χ4v) is 2.62. The molecule has 1 amide bonds. The standard InChI is InChI=1S/C15H21N3O2S/c1-18(9-11-5-4-8-20-11)10-14(19)17-13-7-3-2-6-12(13)15(16)21/h2-3,6-7,11H,4-5,8-10H2,1H3,(H2,16,21)(H,17,19). The van der Waals surface area contributed by atoms with Gasteiger partial charge in [-0.25, -0.2) is 0 Å². The van der Waals surface area contributed by atoms with E-state index in [0.717, 1.165) is 26.0 Å². The van der Waals surface area contributed by atoms with Crippen LogP contribution in [0.4, 0.5) is 5.69 Å². The molecule has 3 N–H and O–H groups in total. The van der Waals surface area contributed by atoms with Crippen LogP contribution in [0.15, 0.2) is 24.3 Å². The lowest BCUT2D eigenvalue weighted by molar-refractivity contribution is -0.117. The third kappa shape index (κ3) is 4.77. The number of benzene rings is 1. The number of carbonyl (C=O) groups is 1. The molecule has 1 unspecified atom stereocenters. The van der Waals surface area contributed by atoms with Gasteiger partial charge in [-0.2, -0.15) is 0 Å². The summed E-state index contributed by atoms with van der Waals surface area (Å²) in [5.74, 6) is -0.0841. The zero-order valence-corrected chi connectivity index (χ0v) is 13.0. The maximum atomic E-state index is 12.1. The largest absolute Gasteiger partial charge is 0.389 e. The van der Waals surface area contributed by atoms with Gasteiger partial charge in [0.1, 0.15) is 4.99 Å². The van der Waals surface area contributed by atoms with Crippen LogP contribution in [0.25, 0.3) is 0 Å². The van der Waals surface area contributed by atoms with E-state index in [4.69, 9.17) is 22.7 Å². The molecule has 1 atom stereocenters. The Morgan fingerprint density at radius 2 is 2.29 bits per heavy atom. The number of ether oxygens (including phenoxy) is 1. The monoisotopic (exact) mass is 307 g/mol. The Kier molecular flexibility index (Phi) is 5.67. The molecule has 1 saturated heterocycles. The van der Waals surface area contributed by atoms with Crippen LogP contribution in [0.2, 0.25) is 0 Å². The maximum absolute atomic E-state index is 12.1.